The van der Waals surface area contributed by atoms with E-state index >= 15 is 0 Å². The van der Waals surface area contributed by atoms with Crippen LogP contribution in [0.1, 0.15) is 35.2 Å². The van der Waals surface area contributed by atoms with Crippen molar-refractivity contribution in [3.8, 4) is 0 Å². The number of rotatable bonds is 5. The molecular weight excluding hydrogens is 326 g/mol. The summed E-state index contributed by atoms with van der Waals surface area (Å²) in [5.74, 6) is -0.495. The topological polar surface area (TPSA) is 75.4 Å². The van der Waals surface area contributed by atoms with Gasteiger partial charge in [0.2, 0.25) is 11.8 Å². The molecule has 0 aromatic heterocycles. The molecule has 26 heavy (non-hydrogen) atoms. The van der Waals surface area contributed by atoms with Crippen LogP contribution < -0.4 is 11.1 Å². The Labute approximate surface area is 154 Å². The SMILES string of the molecule is Cc1ccccc1C(C)NC(=O)CN1Cc2ccccc2CC1C(N)=O. The van der Waals surface area contributed by atoms with Gasteiger partial charge in [-0.2, -0.15) is 0 Å². The van der Waals surface area contributed by atoms with E-state index in [2.05, 4.69) is 5.32 Å². The van der Waals surface area contributed by atoms with Crippen LogP contribution in [0.3, 0.4) is 0 Å². The zero-order chi connectivity index (χ0) is 18.7. The lowest BCUT2D eigenvalue weighted by Gasteiger charge is -2.34. The third kappa shape index (κ3) is 3.94. The van der Waals surface area contributed by atoms with Crippen molar-refractivity contribution < 1.29 is 9.59 Å². The van der Waals surface area contributed by atoms with Crippen LogP contribution in [0.15, 0.2) is 48.5 Å². The minimum absolute atomic E-state index is 0.0900. The smallest absolute Gasteiger partial charge is 0.235 e. The minimum Gasteiger partial charge on any atom is -0.368 e. The highest BCUT2D eigenvalue weighted by Crippen LogP contribution is 2.23. The average molecular weight is 351 g/mol. The Hall–Kier alpha value is -2.66. The van der Waals surface area contributed by atoms with E-state index < -0.39 is 6.04 Å². The van der Waals surface area contributed by atoms with Gasteiger partial charge < -0.3 is 11.1 Å². The maximum Gasteiger partial charge on any atom is 0.235 e. The lowest BCUT2D eigenvalue weighted by atomic mass is 9.93. The Morgan fingerprint density at radius 3 is 2.50 bits per heavy atom. The predicted molar refractivity (Wildman–Crippen MR) is 101 cm³/mol. The first kappa shape index (κ1) is 18.1. The number of fused-ring (bicyclic) bond motifs is 1. The summed E-state index contributed by atoms with van der Waals surface area (Å²) >= 11 is 0. The van der Waals surface area contributed by atoms with Crippen LogP contribution >= 0.6 is 0 Å². The molecule has 1 heterocycles. The molecule has 3 rings (SSSR count). The molecule has 5 heteroatoms. The molecule has 0 fully saturated rings. The van der Waals surface area contributed by atoms with Gasteiger partial charge in [0.25, 0.3) is 0 Å². The van der Waals surface area contributed by atoms with E-state index in [4.69, 9.17) is 5.73 Å². The molecule has 2 aromatic carbocycles. The minimum atomic E-state index is -0.454. The Morgan fingerprint density at radius 2 is 1.81 bits per heavy atom. The molecule has 2 unspecified atom stereocenters. The molecule has 5 nitrogen and oxygen atoms in total. The number of aryl methyl sites for hydroxylation is 1. The second kappa shape index (κ2) is 7.70. The van der Waals surface area contributed by atoms with E-state index in [0.29, 0.717) is 13.0 Å². The molecule has 0 saturated carbocycles. The van der Waals surface area contributed by atoms with Crippen LogP contribution in [-0.4, -0.2) is 29.3 Å². The molecule has 0 spiro atoms. The molecule has 2 atom stereocenters. The van der Waals surface area contributed by atoms with Crippen LogP contribution in [0.4, 0.5) is 0 Å². The first-order valence-corrected chi connectivity index (χ1v) is 8.90. The lowest BCUT2D eigenvalue weighted by Crippen LogP contribution is -2.51. The summed E-state index contributed by atoms with van der Waals surface area (Å²) in [5.41, 5.74) is 10.1. The standard InChI is InChI=1S/C21H25N3O2/c1-14-7-3-6-10-18(14)15(2)23-20(25)13-24-12-17-9-5-4-8-16(17)11-19(24)21(22)26/h3-10,15,19H,11-13H2,1-2H3,(H2,22,26)(H,23,25). The van der Waals surface area contributed by atoms with Gasteiger partial charge >= 0.3 is 0 Å². The second-order valence-corrected chi connectivity index (χ2v) is 6.94. The molecule has 1 aliphatic heterocycles. The highest BCUT2D eigenvalue weighted by molar-refractivity contribution is 5.83. The Balaban J connectivity index is 1.69. The first-order valence-electron chi connectivity index (χ1n) is 8.90. The highest BCUT2D eigenvalue weighted by atomic mass is 16.2. The van der Waals surface area contributed by atoms with E-state index in [-0.39, 0.29) is 24.4 Å². The fourth-order valence-corrected chi connectivity index (χ4v) is 3.65. The third-order valence-corrected chi connectivity index (χ3v) is 5.05. The molecule has 1 aliphatic rings. The average Bonchev–Trinajstić information content (AvgIpc) is 2.61. The van der Waals surface area contributed by atoms with Crippen molar-refractivity contribution in [2.24, 2.45) is 5.73 Å². The number of nitrogens with two attached hydrogens (primary N) is 1. The van der Waals surface area contributed by atoms with Gasteiger partial charge in [0.05, 0.1) is 18.6 Å². The fraction of sp³-hybridized carbons (Fsp3) is 0.333. The van der Waals surface area contributed by atoms with Gasteiger partial charge in [0.15, 0.2) is 0 Å². The van der Waals surface area contributed by atoms with Gasteiger partial charge in [-0.15, -0.1) is 0 Å². The summed E-state index contributed by atoms with van der Waals surface area (Å²) in [5, 5.41) is 3.04. The first-order chi connectivity index (χ1) is 12.5. The van der Waals surface area contributed by atoms with Gasteiger partial charge in [-0.3, -0.25) is 14.5 Å². The van der Waals surface area contributed by atoms with Crippen molar-refractivity contribution in [3.63, 3.8) is 0 Å². The number of primary amides is 1. The van der Waals surface area contributed by atoms with E-state index in [0.717, 1.165) is 22.3 Å². The number of benzene rings is 2. The molecule has 0 bridgehead atoms. The van der Waals surface area contributed by atoms with Gasteiger partial charge in [0.1, 0.15) is 0 Å². The van der Waals surface area contributed by atoms with E-state index in [1.807, 2.05) is 67.3 Å². The Bertz CT molecular complexity index is 818. The summed E-state index contributed by atoms with van der Waals surface area (Å²) < 4.78 is 0. The zero-order valence-electron chi connectivity index (χ0n) is 15.2. The van der Waals surface area contributed by atoms with E-state index in [1.165, 1.54) is 0 Å². The normalized spacial score (nSPS) is 18.0. The Morgan fingerprint density at radius 1 is 1.15 bits per heavy atom. The summed E-state index contributed by atoms with van der Waals surface area (Å²) in [4.78, 5) is 26.3. The number of hydrogen-bond donors (Lipinski definition) is 2. The summed E-state index contributed by atoms with van der Waals surface area (Å²) in [6, 6.07) is 15.4. The van der Waals surface area contributed by atoms with Gasteiger partial charge in [0, 0.05) is 6.54 Å². The van der Waals surface area contributed by atoms with Gasteiger partial charge in [-0.05, 0) is 42.5 Å². The van der Waals surface area contributed by atoms with Crippen molar-refractivity contribution in [2.45, 2.75) is 38.9 Å². The van der Waals surface area contributed by atoms with Crippen LogP contribution in [0.5, 0.6) is 0 Å². The molecular formula is C21H25N3O2. The van der Waals surface area contributed by atoms with Crippen molar-refractivity contribution in [3.05, 3.63) is 70.8 Å². The number of carbonyl (C=O) groups is 2. The number of nitrogens with one attached hydrogen (secondary N) is 1. The summed E-state index contributed by atoms with van der Waals surface area (Å²) in [7, 11) is 0. The number of hydrogen-bond acceptors (Lipinski definition) is 3. The van der Waals surface area contributed by atoms with Crippen molar-refractivity contribution in [1.29, 1.82) is 0 Å². The predicted octanol–water partition coefficient (Wildman–Crippen LogP) is 2.08. The molecule has 2 aromatic rings. The lowest BCUT2D eigenvalue weighted by molar-refractivity contribution is -0.127. The van der Waals surface area contributed by atoms with Crippen molar-refractivity contribution in [1.82, 2.24) is 10.2 Å². The maximum atomic E-state index is 12.6. The van der Waals surface area contributed by atoms with Crippen LogP contribution in [0.25, 0.3) is 0 Å². The van der Waals surface area contributed by atoms with Crippen LogP contribution in [0.2, 0.25) is 0 Å². The van der Waals surface area contributed by atoms with E-state index in [9.17, 15) is 9.59 Å². The Kier molecular flexibility index (Phi) is 5.38. The molecule has 0 radical (unpaired) electrons. The largest absolute Gasteiger partial charge is 0.368 e. The zero-order valence-corrected chi connectivity index (χ0v) is 15.2. The monoisotopic (exact) mass is 351 g/mol. The summed E-state index contributed by atoms with van der Waals surface area (Å²) in [6.07, 6.45) is 0.548. The maximum absolute atomic E-state index is 12.6. The molecule has 136 valence electrons. The fourth-order valence-electron chi connectivity index (χ4n) is 3.65. The second-order valence-electron chi connectivity index (χ2n) is 6.94. The molecule has 0 saturated heterocycles. The number of nitrogens with zero attached hydrogens (tertiary/aromatic N) is 1. The molecule has 2 amide bonds. The molecule has 0 aliphatic carbocycles. The van der Waals surface area contributed by atoms with Crippen molar-refractivity contribution >= 4 is 11.8 Å². The third-order valence-electron chi connectivity index (χ3n) is 5.05. The quantitative estimate of drug-likeness (QED) is 0.866. The highest BCUT2D eigenvalue weighted by Gasteiger charge is 2.31. The van der Waals surface area contributed by atoms with Crippen LogP contribution in [0, 0.1) is 6.92 Å². The van der Waals surface area contributed by atoms with Gasteiger partial charge in [-0.1, -0.05) is 48.5 Å². The van der Waals surface area contributed by atoms with Crippen molar-refractivity contribution in [2.75, 3.05) is 6.54 Å². The van der Waals surface area contributed by atoms with E-state index in [1.54, 1.807) is 0 Å². The summed E-state index contributed by atoms with van der Waals surface area (Å²) in [6.45, 7) is 4.70. The molecule has 3 N–H and O–H groups in total. The van der Waals surface area contributed by atoms with Crippen LogP contribution in [-0.2, 0) is 22.6 Å². The van der Waals surface area contributed by atoms with Gasteiger partial charge in [-0.25, -0.2) is 0 Å². The number of amides is 2. The number of carbonyl (C=O) groups excluding carboxylic acids is 2.